The Balaban J connectivity index is 2.43. The zero-order valence-corrected chi connectivity index (χ0v) is 20.0. The van der Waals surface area contributed by atoms with Crippen molar-refractivity contribution in [2.45, 2.75) is 45.9 Å². The van der Waals surface area contributed by atoms with Crippen molar-refractivity contribution in [3.63, 3.8) is 0 Å². The van der Waals surface area contributed by atoms with Crippen LogP contribution < -0.4 is 5.32 Å². The van der Waals surface area contributed by atoms with Crippen LogP contribution in [0.1, 0.15) is 39.5 Å². The molecule has 162 valence electrons. The van der Waals surface area contributed by atoms with Crippen molar-refractivity contribution in [3.05, 3.63) is 27.5 Å². The van der Waals surface area contributed by atoms with Crippen molar-refractivity contribution in [1.82, 2.24) is 0 Å². The van der Waals surface area contributed by atoms with Gasteiger partial charge in [0.05, 0.1) is 13.2 Å². The van der Waals surface area contributed by atoms with Crippen LogP contribution in [0.3, 0.4) is 0 Å². The Bertz CT molecular complexity index is 934. The van der Waals surface area contributed by atoms with E-state index in [2.05, 4.69) is 21.2 Å². The van der Waals surface area contributed by atoms with E-state index in [9.17, 15) is 9.36 Å². The molecule has 0 aliphatic carbocycles. The summed E-state index contributed by atoms with van der Waals surface area (Å²) >= 11 is 3.96. The number of ether oxygens (including phenoxy) is 1. The number of alkyl halides is 2. The number of fused-ring (bicyclic) bond motifs is 1. The summed E-state index contributed by atoms with van der Waals surface area (Å²) in [6.07, 6.45) is -0.661. The molecule has 0 bridgehead atoms. The molecule has 6 nitrogen and oxygen atoms in total. The van der Waals surface area contributed by atoms with Crippen LogP contribution in [0.25, 0.3) is 10.1 Å². The first kappa shape index (κ1) is 24.2. The lowest BCUT2D eigenvalue weighted by Crippen LogP contribution is -2.27. The predicted octanol–water partition coefficient (Wildman–Crippen LogP) is 7.33. The van der Waals surface area contributed by atoms with Gasteiger partial charge in [-0.1, -0.05) is 0 Å². The van der Waals surface area contributed by atoms with Gasteiger partial charge < -0.3 is 13.8 Å². The molecule has 0 aliphatic heterocycles. The Kier molecular flexibility index (Phi) is 7.49. The van der Waals surface area contributed by atoms with E-state index in [0.29, 0.717) is 15.8 Å². The molecule has 29 heavy (non-hydrogen) atoms. The second-order valence-electron chi connectivity index (χ2n) is 6.96. The number of anilines is 1. The zero-order chi connectivity index (χ0) is 22.0. The molecule has 1 amide bonds. The largest absolute Gasteiger partial charge is 0.444 e. The maximum Gasteiger partial charge on any atom is 0.412 e. The van der Waals surface area contributed by atoms with Crippen LogP contribution in [0.4, 0.5) is 19.3 Å². The molecule has 2 rings (SSSR count). The van der Waals surface area contributed by atoms with Crippen molar-refractivity contribution in [3.8, 4) is 0 Å². The zero-order valence-electron chi connectivity index (χ0n) is 16.7. The molecule has 1 aromatic heterocycles. The molecule has 0 radical (unpaired) electrons. The molecule has 1 aromatic carbocycles. The van der Waals surface area contributed by atoms with Crippen molar-refractivity contribution in [2.75, 3.05) is 18.5 Å². The highest BCUT2D eigenvalue weighted by Gasteiger charge is 2.57. The third kappa shape index (κ3) is 5.35. The van der Waals surface area contributed by atoms with Gasteiger partial charge in [-0.2, -0.15) is 8.78 Å². The first-order chi connectivity index (χ1) is 13.3. The SMILES string of the molecule is CCOP(=O)(OCC)C(F)(F)c1sc2ccc(NC(=O)OC(C)(C)C)cc2c1Br. The van der Waals surface area contributed by atoms with Crippen LogP contribution in [0.2, 0.25) is 0 Å². The van der Waals surface area contributed by atoms with E-state index in [1.807, 2.05) is 0 Å². The quantitative estimate of drug-likeness (QED) is 0.392. The lowest BCUT2D eigenvalue weighted by Gasteiger charge is -2.25. The maximum atomic E-state index is 15.2. The highest BCUT2D eigenvalue weighted by atomic mass is 79.9. The highest BCUT2D eigenvalue weighted by Crippen LogP contribution is 2.69. The van der Waals surface area contributed by atoms with E-state index in [4.69, 9.17) is 13.8 Å². The van der Waals surface area contributed by atoms with Crippen LogP contribution in [0.15, 0.2) is 22.7 Å². The molecule has 2 aromatic rings. The fraction of sp³-hybridized carbons (Fsp3) is 0.500. The van der Waals surface area contributed by atoms with Gasteiger partial charge in [0.15, 0.2) is 0 Å². The number of rotatable bonds is 7. The van der Waals surface area contributed by atoms with E-state index in [-0.39, 0.29) is 17.7 Å². The van der Waals surface area contributed by atoms with Crippen LogP contribution in [0, 0.1) is 0 Å². The summed E-state index contributed by atoms with van der Waals surface area (Å²) in [7, 11) is -4.73. The van der Waals surface area contributed by atoms with Crippen molar-refractivity contribution in [2.24, 2.45) is 0 Å². The summed E-state index contributed by atoms with van der Waals surface area (Å²) in [5.74, 6) is 0. The number of thiophene rings is 1. The summed E-state index contributed by atoms with van der Waals surface area (Å²) in [5, 5.41) is 3.00. The number of halogens is 3. The number of hydrogen-bond acceptors (Lipinski definition) is 6. The van der Waals surface area contributed by atoms with Gasteiger partial charge in [-0.3, -0.25) is 9.88 Å². The molecule has 11 heteroatoms. The number of amides is 1. The standard InChI is InChI=1S/C18H23BrF2NO5PS/c1-6-25-28(24,26-7-2)18(20,21)15-14(19)12-10-11(8-9-13(12)29-15)22-16(23)27-17(3,4)5/h8-10H,6-7H2,1-5H3,(H,22,23). The number of nitrogens with one attached hydrogen (secondary N) is 1. The molecular formula is C18H23BrF2NO5PS. The molecule has 0 fully saturated rings. The summed E-state index contributed by atoms with van der Waals surface area (Å²) in [6.45, 7) is 7.77. The molecule has 0 atom stereocenters. The van der Waals surface area contributed by atoms with Gasteiger partial charge in [-0.05, 0) is 68.7 Å². The molecule has 0 aliphatic rings. The monoisotopic (exact) mass is 513 g/mol. The van der Waals surface area contributed by atoms with Crippen LogP contribution in [-0.4, -0.2) is 24.9 Å². The molecule has 1 heterocycles. The average Bonchev–Trinajstić information content (AvgIpc) is 2.90. The van der Waals surface area contributed by atoms with Gasteiger partial charge in [-0.25, -0.2) is 4.79 Å². The Labute approximate surface area is 180 Å². The Morgan fingerprint density at radius 2 is 1.79 bits per heavy atom. The topological polar surface area (TPSA) is 73.9 Å². The lowest BCUT2D eigenvalue weighted by molar-refractivity contribution is 0.0387. The van der Waals surface area contributed by atoms with Crippen molar-refractivity contribution >= 4 is 56.7 Å². The summed E-state index contributed by atoms with van der Waals surface area (Å²) in [5.41, 5.74) is -4.15. The van der Waals surface area contributed by atoms with Crippen molar-refractivity contribution < 1.29 is 31.9 Å². The number of hydrogen-bond donors (Lipinski definition) is 1. The molecule has 1 N–H and O–H groups in total. The molecular weight excluding hydrogens is 491 g/mol. The summed E-state index contributed by atoms with van der Waals surface area (Å²) in [4.78, 5) is 11.5. The van der Waals surface area contributed by atoms with Gasteiger partial charge in [0.25, 0.3) is 0 Å². The van der Waals surface area contributed by atoms with E-state index in [1.165, 1.54) is 19.9 Å². The average molecular weight is 514 g/mol. The lowest BCUT2D eigenvalue weighted by atomic mass is 10.2. The summed E-state index contributed by atoms with van der Waals surface area (Å²) in [6, 6.07) is 4.69. The number of carbonyl (C=O) groups is 1. The van der Waals surface area contributed by atoms with Crippen molar-refractivity contribution in [1.29, 1.82) is 0 Å². The van der Waals surface area contributed by atoms with Gasteiger partial charge in [0, 0.05) is 20.2 Å². The molecule has 0 saturated carbocycles. The third-order valence-corrected chi connectivity index (χ3v) is 8.07. The number of carbonyl (C=O) groups excluding carboxylic acids is 1. The first-order valence-electron chi connectivity index (χ1n) is 8.84. The van der Waals surface area contributed by atoms with Gasteiger partial charge in [0.2, 0.25) is 0 Å². The van der Waals surface area contributed by atoms with Crippen LogP contribution in [-0.2, 0) is 24.0 Å². The Morgan fingerprint density at radius 1 is 1.21 bits per heavy atom. The van der Waals surface area contributed by atoms with Gasteiger partial charge in [0.1, 0.15) is 10.5 Å². The Morgan fingerprint density at radius 3 is 2.31 bits per heavy atom. The van der Waals surface area contributed by atoms with E-state index in [0.717, 1.165) is 11.3 Å². The minimum absolute atomic E-state index is 0.0648. The van der Waals surface area contributed by atoms with Gasteiger partial charge in [-0.15, -0.1) is 11.3 Å². The molecule has 0 unspecified atom stereocenters. The second-order valence-corrected chi connectivity index (χ2v) is 10.9. The van der Waals surface area contributed by atoms with Crippen LogP contribution >= 0.6 is 34.9 Å². The third-order valence-electron chi connectivity index (χ3n) is 3.49. The second kappa shape index (κ2) is 8.98. The minimum Gasteiger partial charge on any atom is -0.444 e. The molecule has 0 spiro atoms. The highest BCUT2D eigenvalue weighted by molar-refractivity contribution is 9.10. The smallest absolute Gasteiger partial charge is 0.412 e. The van der Waals surface area contributed by atoms with Crippen LogP contribution in [0.5, 0.6) is 0 Å². The first-order valence-corrected chi connectivity index (χ1v) is 12.0. The predicted molar refractivity (Wildman–Crippen MR) is 114 cm³/mol. The normalized spacial score (nSPS) is 13.0. The summed E-state index contributed by atoms with van der Waals surface area (Å²) < 4.78 is 58.5. The fourth-order valence-corrected chi connectivity index (χ4v) is 6.39. The fourth-order valence-electron chi connectivity index (χ4n) is 2.42. The van der Waals surface area contributed by atoms with E-state index < -0.39 is 29.8 Å². The van der Waals surface area contributed by atoms with E-state index in [1.54, 1.807) is 32.9 Å². The minimum atomic E-state index is -4.73. The van der Waals surface area contributed by atoms with E-state index >= 15 is 8.78 Å². The molecule has 0 saturated heterocycles. The maximum absolute atomic E-state index is 15.2. The van der Waals surface area contributed by atoms with Gasteiger partial charge >= 0.3 is 19.4 Å². The Hall–Kier alpha value is -1.06. The number of benzene rings is 1.